The Morgan fingerprint density at radius 2 is 2.10 bits per heavy atom. The zero-order valence-electron chi connectivity index (χ0n) is 11.2. The van der Waals surface area contributed by atoms with Crippen molar-refractivity contribution in [1.82, 2.24) is 10.3 Å². The molecule has 0 radical (unpaired) electrons. The molecule has 0 unspecified atom stereocenters. The van der Waals surface area contributed by atoms with Crippen molar-refractivity contribution in [2.45, 2.75) is 13.2 Å². The van der Waals surface area contributed by atoms with Gasteiger partial charge in [-0.2, -0.15) is 0 Å². The molecule has 1 heterocycles. The molecular weight excluding hydrogens is 256 g/mol. The minimum atomic E-state index is -0.273. The lowest BCUT2D eigenvalue weighted by molar-refractivity contribution is 0.0950. The van der Waals surface area contributed by atoms with Crippen molar-refractivity contribution in [2.75, 3.05) is 7.11 Å². The zero-order valence-corrected chi connectivity index (χ0v) is 11.2. The fourth-order valence-electron chi connectivity index (χ4n) is 1.83. The molecule has 5 heteroatoms. The summed E-state index contributed by atoms with van der Waals surface area (Å²) in [5.41, 5.74) is 2.37. The number of methoxy groups -OCH3 is 1. The van der Waals surface area contributed by atoms with Gasteiger partial charge >= 0.3 is 0 Å². The summed E-state index contributed by atoms with van der Waals surface area (Å²) in [6.07, 6.45) is 2.70. The minimum absolute atomic E-state index is 0.0280. The summed E-state index contributed by atoms with van der Waals surface area (Å²) in [7, 11) is 1.64. The number of aromatic hydroxyl groups is 1. The lowest BCUT2D eigenvalue weighted by Gasteiger charge is -2.07. The topological polar surface area (TPSA) is 71.5 Å². The van der Waals surface area contributed by atoms with E-state index < -0.39 is 0 Å². The number of nitrogens with one attached hydrogen (secondary N) is 1. The van der Waals surface area contributed by atoms with E-state index >= 15 is 0 Å². The Morgan fingerprint density at radius 3 is 2.85 bits per heavy atom. The Bertz CT molecular complexity index is 599. The predicted octanol–water partition coefficient (Wildman–Crippen LogP) is 1.86. The molecule has 0 saturated heterocycles. The van der Waals surface area contributed by atoms with Crippen LogP contribution in [-0.2, 0) is 17.9 Å². The molecule has 2 aromatic rings. The van der Waals surface area contributed by atoms with E-state index in [2.05, 4.69) is 10.3 Å². The van der Waals surface area contributed by atoms with Gasteiger partial charge in [0.2, 0.25) is 0 Å². The maximum absolute atomic E-state index is 11.9. The highest BCUT2D eigenvalue weighted by molar-refractivity contribution is 5.94. The molecule has 1 amide bonds. The number of hydrogen-bond acceptors (Lipinski definition) is 4. The van der Waals surface area contributed by atoms with Gasteiger partial charge in [-0.3, -0.25) is 9.78 Å². The number of aromatic nitrogens is 1. The number of carbonyl (C=O) groups is 1. The number of ether oxygens (including phenoxy) is 1. The first-order valence-corrected chi connectivity index (χ1v) is 6.18. The molecule has 0 aliphatic carbocycles. The first-order valence-electron chi connectivity index (χ1n) is 6.18. The highest BCUT2D eigenvalue weighted by Gasteiger charge is 2.06. The molecule has 0 saturated carbocycles. The summed E-state index contributed by atoms with van der Waals surface area (Å²) in [5, 5.41) is 12.1. The van der Waals surface area contributed by atoms with Crippen molar-refractivity contribution < 1.29 is 14.6 Å². The van der Waals surface area contributed by atoms with E-state index in [1.165, 1.54) is 18.5 Å². The molecule has 2 rings (SSSR count). The van der Waals surface area contributed by atoms with E-state index in [1.54, 1.807) is 7.11 Å². The van der Waals surface area contributed by atoms with Crippen LogP contribution in [0.4, 0.5) is 0 Å². The molecule has 20 heavy (non-hydrogen) atoms. The molecule has 0 aliphatic rings. The van der Waals surface area contributed by atoms with Crippen LogP contribution in [0.25, 0.3) is 0 Å². The molecule has 2 N–H and O–H groups in total. The summed E-state index contributed by atoms with van der Waals surface area (Å²) in [6.45, 7) is 0.949. The normalized spacial score (nSPS) is 10.2. The number of amides is 1. The van der Waals surface area contributed by atoms with Gasteiger partial charge in [0.15, 0.2) is 0 Å². The highest BCUT2D eigenvalue weighted by atomic mass is 16.5. The number of rotatable bonds is 5. The average Bonchev–Trinajstić information content (AvgIpc) is 2.45. The van der Waals surface area contributed by atoms with Crippen LogP contribution in [0.5, 0.6) is 5.75 Å². The Hall–Kier alpha value is -2.40. The van der Waals surface area contributed by atoms with E-state index in [0.717, 1.165) is 11.1 Å². The van der Waals surface area contributed by atoms with E-state index in [1.807, 2.05) is 24.3 Å². The van der Waals surface area contributed by atoms with E-state index in [-0.39, 0.29) is 11.7 Å². The van der Waals surface area contributed by atoms with Crippen molar-refractivity contribution >= 4 is 5.91 Å². The van der Waals surface area contributed by atoms with Gasteiger partial charge in [-0.05, 0) is 17.2 Å². The van der Waals surface area contributed by atoms with Crippen LogP contribution in [0.15, 0.2) is 42.7 Å². The maximum atomic E-state index is 11.9. The van der Waals surface area contributed by atoms with Crippen LogP contribution in [-0.4, -0.2) is 23.1 Å². The van der Waals surface area contributed by atoms with E-state index in [0.29, 0.717) is 18.7 Å². The Kier molecular flexibility index (Phi) is 4.68. The van der Waals surface area contributed by atoms with Gasteiger partial charge in [-0.25, -0.2) is 0 Å². The quantitative estimate of drug-likeness (QED) is 0.871. The fraction of sp³-hybridized carbons (Fsp3) is 0.200. The van der Waals surface area contributed by atoms with Crippen molar-refractivity contribution in [1.29, 1.82) is 0 Å². The Morgan fingerprint density at radius 1 is 1.30 bits per heavy atom. The van der Waals surface area contributed by atoms with Crippen LogP contribution in [0, 0.1) is 0 Å². The van der Waals surface area contributed by atoms with Crippen LogP contribution < -0.4 is 5.32 Å². The monoisotopic (exact) mass is 272 g/mol. The van der Waals surface area contributed by atoms with Crippen LogP contribution in [0.3, 0.4) is 0 Å². The summed E-state index contributed by atoms with van der Waals surface area (Å²) in [6, 6.07) is 9.17. The van der Waals surface area contributed by atoms with E-state index in [9.17, 15) is 9.90 Å². The number of hydrogen-bond donors (Lipinski definition) is 2. The SMILES string of the molecule is COCc1cccc(CNC(=O)c2cncc(O)c2)c1. The van der Waals surface area contributed by atoms with Gasteiger partial charge in [0.05, 0.1) is 18.4 Å². The lowest BCUT2D eigenvalue weighted by atomic mass is 10.1. The molecular formula is C15H16N2O3. The molecule has 0 atom stereocenters. The first-order chi connectivity index (χ1) is 9.69. The summed E-state index contributed by atoms with van der Waals surface area (Å²) in [5.74, 6) is -0.301. The fourth-order valence-corrected chi connectivity index (χ4v) is 1.83. The van der Waals surface area contributed by atoms with Gasteiger partial charge in [-0.1, -0.05) is 24.3 Å². The molecule has 1 aromatic heterocycles. The maximum Gasteiger partial charge on any atom is 0.253 e. The smallest absolute Gasteiger partial charge is 0.253 e. The third-order valence-electron chi connectivity index (χ3n) is 2.74. The number of nitrogens with zero attached hydrogens (tertiary/aromatic N) is 1. The van der Waals surface area contributed by atoms with Gasteiger partial charge in [-0.15, -0.1) is 0 Å². The third-order valence-corrected chi connectivity index (χ3v) is 2.74. The summed E-state index contributed by atoms with van der Waals surface area (Å²) >= 11 is 0. The lowest BCUT2D eigenvalue weighted by Crippen LogP contribution is -2.22. The predicted molar refractivity (Wildman–Crippen MR) is 74.2 cm³/mol. The van der Waals surface area contributed by atoms with Gasteiger partial charge < -0.3 is 15.2 Å². The summed E-state index contributed by atoms with van der Waals surface area (Å²) in [4.78, 5) is 15.7. The molecule has 104 valence electrons. The van der Waals surface area contributed by atoms with Crippen molar-refractivity contribution in [2.24, 2.45) is 0 Å². The number of carbonyl (C=O) groups excluding carboxylic acids is 1. The molecule has 5 nitrogen and oxygen atoms in total. The standard InChI is InChI=1S/C15H16N2O3/c1-20-10-12-4-2-3-11(5-12)7-17-15(19)13-6-14(18)9-16-8-13/h2-6,8-9,18H,7,10H2,1H3,(H,17,19). The Labute approximate surface area is 117 Å². The Balaban J connectivity index is 1.98. The third kappa shape index (κ3) is 3.80. The second-order valence-corrected chi connectivity index (χ2v) is 4.37. The highest BCUT2D eigenvalue weighted by Crippen LogP contribution is 2.09. The zero-order chi connectivity index (χ0) is 14.4. The second-order valence-electron chi connectivity index (χ2n) is 4.37. The molecule has 0 aliphatic heterocycles. The number of pyridine rings is 1. The van der Waals surface area contributed by atoms with Crippen LogP contribution in [0.2, 0.25) is 0 Å². The molecule has 0 fully saturated rings. The van der Waals surface area contributed by atoms with Gasteiger partial charge in [0, 0.05) is 19.9 Å². The summed E-state index contributed by atoms with van der Waals surface area (Å²) < 4.78 is 5.07. The molecule has 0 spiro atoms. The molecule has 0 bridgehead atoms. The second kappa shape index (κ2) is 6.68. The minimum Gasteiger partial charge on any atom is -0.506 e. The van der Waals surface area contributed by atoms with Crippen molar-refractivity contribution in [3.05, 3.63) is 59.4 Å². The van der Waals surface area contributed by atoms with Crippen molar-refractivity contribution in [3.63, 3.8) is 0 Å². The molecule has 1 aromatic carbocycles. The van der Waals surface area contributed by atoms with Crippen LogP contribution in [0.1, 0.15) is 21.5 Å². The van der Waals surface area contributed by atoms with Crippen LogP contribution >= 0.6 is 0 Å². The largest absolute Gasteiger partial charge is 0.506 e. The van der Waals surface area contributed by atoms with Gasteiger partial charge in [0.1, 0.15) is 5.75 Å². The van der Waals surface area contributed by atoms with Crippen molar-refractivity contribution in [3.8, 4) is 5.75 Å². The number of benzene rings is 1. The van der Waals surface area contributed by atoms with E-state index in [4.69, 9.17) is 4.74 Å². The first kappa shape index (κ1) is 14.0. The average molecular weight is 272 g/mol. The van der Waals surface area contributed by atoms with Gasteiger partial charge in [0.25, 0.3) is 5.91 Å².